The van der Waals surface area contributed by atoms with Crippen molar-refractivity contribution in [2.45, 2.75) is 66.5 Å². The summed E-state index contributed by atoms with van der Waals surface area (Å²) in [5.41, 5.74) is 4.91. The molecule has 2 heterocycles. The zero-order chi connectivity index (χ0) is 26.8. The van der Waals surface area contributed by atoms with Crippen LogP contribution in [-0.4, -0.2) is 63.0 Å². The molecule has 0 bridgehead atoms. The summed E-state index contributed by atoms with van der Waals surface area (Å²) in [5.74, 6) is -0.760. The van der Waals surface area contributed by atoms with Gasteiger partial charge in [-0.2, -0.15) is 4.98 Å². The third-order valence-corrected chi connectivity index (χ3v) is 7.54. The number of imidazole rings is 1. The first-order valence-electron chi connectivity index (χ1n) is 11.8. The van der Waals surface area contributed by atoms with Crippen molar-refractivity contribution in [2.75, 3.05) is 31.6 Å². The number of nitrogens with two attached hydrogens (primary N) is 1. The van der Waals surface area contributed by atoms with Crippen molar-refractivity contribution in [1.29, 1.82) is 0 Å². The number of carbonyl (C=O) groups excluding carboxylic acids is 2. The second-order valence-corrected chi connectivity index (χ2v) is 13.7. The van der Waals surface area contributed by atoms with Gasteiger partial charge in [0.05, 0.1) is 41.7 Å². The highest BCUT2D eigenvalue weighted by Gasteiger charge is 2.46. The van der Waals surface area contributed by atoms with Crippen molar-refractivity contribution < 1.29 is 32.9 Å². The quantitative estimate of drug-likeness (QED) is 0.260. The summed E-state index contributed by atoms with van der Waals surface area (Å²) in [5, 5.41) is 0. The van der Waals surface area contributed by atoms with Crippen molar-refractivity contribution in [3.05, 3.63) is 12.5 Å². The Morgan fingerprint density at radius 3 is 2.33 bits per heavy atom. The number of fused-ring (bicyclic) bond motifs is 1. The standard InChI is InChI=1S/C23H36N5O7P/c1-21(2,3)18(29)32-9-10-36(31,35-14-33-19(30)22(4,5)6)15-34-23(7-8-23)12-28-13-26-16-11-25-20(24)27-17(16)28/h11,13H,7-10,12,14-15H2,1-6H3,(H2,24,25,27). The number of carbonyl (C=O) groups is 2. The van der Waals surface area contributed by atoms with Crippen LogP contribution in [0.1, 0.15) is 54.4 Å². The number of ether oxygens (including phenoxy) is 3. The molecule has 13 heteroatoms. The van der Waals surface area contributed by atoms with Crippen molar-refractivity contribution in [3.8, 4) is 0 Å². The van der Waals surface area contributed by atoms with Gasteiger partial charge in [-0.15, -0.1) is 0 Å². The molecule has 0 radical (unpaired) electrons. The molecule has 3 rings (SSSR count). The van der Waals surface area contributed by atoms with Gasteiger partial charge in [-0.3, -0.25) is 18.7 Å². The van der Waals surface area contributed by atoms with Gasteiger partial charge in [-0.25, -0.2) is 9.97 Å². The summed E-state index contributed by atoms with van der Waals surface area (Å²) < 4.78 is 37.5. The van der Waals surface area contributed by atoms with Crippen LogP contribution in [0.3, 0.4) is 0 Å². The van der Waals surface area contributed by atoms with Gasteiger partial charge in [0.25, 0.3) is 0 Å². The van der Waals surface area contributed by atoms with E-state index < -0.39 is 42.5 Å². The maximum absolute atomic E-state index is 13.6. The number of aromatic nitrogens is 4. The van der Waals surface area contributed by atoms with Gasteiger partial charge in [-0.05, 0) is 54.4 Å². The Balaban J connectivity index is 1.64. The highest BCUT2D eigenvalue weighted by molar-refractivity contribution is 7.58. The van der Waals surface area contributed by atoms with Crippen LogP contribution in [0.15, 0.2) is 12.5 Å². The molecular weight excluding hydrogens is 489 g/mol. The molecule has 1 unspecified atom stereocenters. The molecule has 1 aliphatic rings. The minimum Gasteiger partial charge on any atom is -0.465 e. The number of esters is 2. The largest absolute Gasteiger partial charge is 0.465 e. The molecule has 2 N–H and O–H groups in total. The Hall–Kier alpha value is -2.56. The third-order valence-electron chi connectivity index (χ3n) is 5.58. The molecule has 2 aromatic rings. The monoisotopic (exact) mass is 525 g/mol. The SMILES string of the molecule is CC(C)(C)C(=O)OCCP(=O)(COC1(Cn2cnc3cnc(N)nc32)CC1)OCOC(=O)C(C)(C)C. The summed E-state index contributed by atoms with van der Waals surface area (Å²) >= 11 is 0. The van der Waals surface area contributed by atoms with Crippen molar-refractivity contribution in [1.82, 2.24) is 19.5 Å². The van der Waals surface area contributed by atoms with Gasteiger partial charge < -0.3 is 24.5 Å². The predicted octanol–water partition coefficient (Wildman–Crippen LogP) is 3.35. The van der Waals surface area contributed by atoms with E-state index in [-0.39, 0.29) is 25.1 Å². The minimum absolute atomic E-state index is 0.0737. The summed E-state index contributed by atoms with van der Waals surface area (Å²) in [6, 6.07) is 0. The molecule has 0 saturated heterocycles. The average molecular weight is 526 g/mol. The Morgan fingerprint density at radius 1 is 1.08 bits per heavy atom. The van der Waals surface area contributed by atoms with Crippen molar-refractivity contribution in [3.63, 3.8) is 0 Å². The van der Waals surface area contributed by atoms with Crippen LogP contribution in [0.5, 0.6) is 0 Å². The Labute approximate surface area is 210 Å². The lowest BCUT2D eigenvalue weighted by molar-refractivity contribution is -0.159. The van der Waals surface area contributed by atoms with Gasteiger partial charge in [0.2, 0.25) is 13.3 Å². The zero-order valence-electron chi connectivity index (χ0n) is 21.8. The molecule has 200 valence electrons. The van der Waals surface area contributed by atoms with Crippen LogP contribution in [0, 0.1) is 10.8 Å². The summed E-state index contributed by atoms with van der Waals surface area (Å²) in [6.07, 6.45) is 4.37. The highest BCUT2D eigenvalue weighted by atomic mass is 31.2. The third kappa shape index (κ3) is 7.47. The van der Waals surface area contributed by atoms with E-state index in [0.29, 0.717) is 17.7 Å². The molecule has 36 heavy (non-hydrogen) atoms. The molecule has 2 aromatic heterocycles. The van der Waals surface area contributed by atoms with E-state index in [1.54, 1.807) is 54.1 Å². The van der Waals surface area contributed by atoms with E-state index >= 15 is 0 Å². The van der Waals surface area contributed by atoms with Crippen LogP contribution in [0.2, 0.25) is 0 Å². The number of nitrogen functional groups attached to an aromatic ring is 1. The van der Waals surface area contributed by atoms with Gasteiger partial charge in [0.1, 0.15) is 18.5 Å². The lowest BCUT2D eigenvalue weighted by atomic mass is 9.97. The maximum Gasteiger partial charge on any atom is 0.313 e. The van der Waals surface area contributed by atoms with Crippen LogP contribution in [0.4, 0.5) is 5.95 Å². The molecular formula is C23H36N5O7P. The number of hydrogen-bond donors (Lipinski definition) is 1. The van der Waals surface area contributed by atoms with Crippen LogP contribution in [-0.2, 0) is 39.4 Å². The molecule has 1 saturated carbocycles. The smallest absolute Gasteiger partial charge is 0.313 e. The normalized spacial score (nSPS) is 16.9. The fraction of sp³-hybridized carbons (Fsp3) is 0.696. The van der Waals surface area contributed by atoms with E-state index in [2.05, 4.69) is 15.0 Å². The van der Waals surface area contributed by atoms with Gasteiger partial charge in [-0.1, -0.05) is 0 Å². The van der Waals surface area contributed by atoms with Gasteiger partial charge in [0.15, 0.2) is 12.4 Å². The average Bonchev–Trinajstić information content (AvgIpc) is 3.44. The predicted molar refractivity (Wildman–Crippen MR) is 132 cm³/mol. The molecule has 1 aliphatic carbocycles. The van der Waals surface area contributed by atoms with E-state index in [9.17, 15) is 14.2 Å². The summed E-state index contributed by atoms with van der Waals surface area (Å²) in [4.78, 5) is 36.7. The second-order valence-electron chi connectivity index (χ2n) is 11.1. The van der Waals surface area contributed by atoms with Crippen LogP contribution < -0.4 is 5.73 Å². The summed E-state index contributed by atoms with van der Waals surface area (Å²) in [7, 11) is -3.49. The van der Waals surface area contributed by atoms with E-state index in [0.717, 1.165) is 12.8 Å². The maximum atomic E-state index is 13.6. The highest BCUT2D eigenvalue weighted by Crippen LogP contribution is 2.51. The second kappa shape index (κ2) is 10.4. The molecule has 1 fully saturated rings. The number of rotatable bonds is 11. The van der Waals surface area contributed by atoms with Crippen LogP contribution in [0.25, 0.3) is 11.2 Å². The van der Waals surface area contributed by atoms with E-state index in [1.807, 2.05) is 4.57 Å². The van der Waals surface area contributed by atoms with Gasteiger partial charge >= 0.3 is 11.9 Å². The number of nitrogens with zero attached hydrogens (tertiary/aromatic N) is 4. The lowest BCUT2D eigenvalue weighted by Crippen LogP contribution is -2.26. The Kier molecular flexibility index (Phi) is 8.12. The Morgan fingerprint density at radius 2 is 1.72 bits per heavy atom. The first-order chi connectivity index (χ1) is 16.6. The zero-order valence-corrected chi connectivity index (χ0v) is 22.7. The van der Waals surface area contributed by atoms with Crippen LogP contribution >= 0.6 is 7.37 Å². The van der Waals surface area contributed by atoms with Crippen molar-refractivity contribution in [2.24, 2.45) is 10.8 Å². The first kappa shape index (κ1) is 28.0. The topological polar surface area (TPSA) is 158 Å². The van der Waals surface area contributed by atoms with E-state index in [1.165, 1.54) is 0 Å². The van der Waals surface area contributed by atoms with Gasteiger partial charge in [0, 0.05) is 0 Å². The molecule has 0 amide bonds. The molecule has 12 nitrogen and oxygen atoms in total. The fourth-order valence-electron chi connectivity index (χ4n) is 3.07. The molecule has 0 aliphatic heterocycles. The summed E-state index contributed by atoms with van der Waals surface area (Å²) in [6.45, 7) is 10.1. The molecule has 1 atom stereocenters. The molecule has 0 aromatic carbocycles. The molecule has 0 spiro atoms. The fourth-order valence-corrected chi connectivity index (χ4v) is 4.49. The minimum atomic E-state index is -3.49. The van der Waals surface area contributed by atoms with Crippen molar-refractivity contribution >= 4 is 36.4 Å². The number of anilines is 1. The Bertz CT molecular complexity index is 1110. The lowest BCUT2D eigenvalue weighted by Gasteiger charge is -2.24. The van der Waals surface area contributed by atoms with E-state index in [4.69, 9.17) is 24.5 Å². The first-order valence-corrected chi connectivity index (χ1v) is 13.8. The number of hydrogen-bond acceptors (Lipinski definition) is 11.